The first kappa shape index (κ1) is 15.6. The molecule has 1 aliphatic heterocycles. The maximum absolute atomic E-state index is 11.8. The number of hydrogen-bond donors (Lipinski definition) is 3. The van der Waals surface area contributed by atoms with Crippen molar-refractivity contribution in [1.82, 2.24) is 16.0 Å². The Morgan fingerprint density at radius 2 is 1.96 bits per heavy atom. The van der Waals surface area contributed by atoms with Crippen LogP contribution in [-0.4, -0.2) is 31.3 Å². The predicted octanol–water partition coefficient (Wildman–Crippen LogP) is 1.23. The fraction of sp³-hybridized carbons (Fsp3) is 0.500. The first-order chi connectivity index (χ1) is 10.9. The number of amides is 3. The van der Waals surface area contributed by atoms with Crippen LogP contribution in [0.4, 0.5) is 4.79 Å². The Hall–Kier alpha value is -2.28. The third kappa shape index (κ3) is 3.92. The van der Waals surface area contributed by atoms with Crippen molar-refractivity contribution in [2.24, 2.45) is 0 Å². The average Bonchev–Trinajstić information content (AvgIpc) is 3.17. The smallest absolute Gasteiger partial charge is 0.321 e. The summed E-state index contributed by atoms with van der Waals surface area (Å²) in [5, 5.41) is 8.19. The van der Waals surface area contributed by atoms with E-state index in [9.17, 15) is 9.59 Å². The van der Waals surface area contributed by atoms with E-state index in [4.69, 9.17) is 9.47 Å². The van der Waals surface area contributed by atoms with Crippen molar-refractivity contribution in [1.29, 1.82) is 0 Å². The largest absolute Gasteiger partial charge is 0.454 e. The van der Waals surface area contributed by atoms with Gasteiger partial charge in [0.2, 0.25) is 12.7 Å². The van der Waals surface area contributed by atoms with Crippen molar-refractivity contribution in [3.8, 4) is 11.5 Å². The van der Waals surface area contributed by atoms with Gasteiger partial charge in [0.05, 0.1) is 6.54 Å². The van der Waals surface area contributed by atoms with E-state index in [-0.39, 0.29) is 25.3 Å². The lowest BCUT2D eigenvalue weighted by atomic mass is 9.94. The zero-order valence-corrected chi connectivity index (χ0v) is 13.3. The second kappa shape index (κ2) is 6.08. The number of hydrogen-bond acceptors (Lipinski definition) is 5. The molecule has 3 amide bonds. The molecule has 1 fully saturated rings. The second-order valence-corrected chi connectivity index (χ2v) is 6.34. The third-order valence-electron chi connectivity index (χ3n) is 3.95. The zero-order valence-electron chi connectivity index (χ0n) is 13.3. The number of carbonyl (C=O) groups is 2. The molecule has 0 unspecified atom stereocenters. The van der Waals surface area contributed by atoms with Gasteiger partial charge in [-0.3, -0.25) is 15.4 Å². The van der Waals surface area contributed by atoms with Crippen molar-refractivity contribution in [2.45, 2.75) is 38.3 Å². The topological polar surface area (TPSA) is 88.7 Å². The molecule has 0 bridgehead atoms. The summed E-state index contributed by atoms with van der Waals surface area (Å²) in [7, 11) is 0. The zero-order chi connectivity index (χ0) is 16.4. The molecule has 0 aromatic heterocycles. The van der Waals surface area contributed by atoms with E-state index in [1.54, 1.807) is 0 Å². The molecule has 1 aliphatic carbocycles. The van der Waals surface area contributed by atoms with Gasteiger partial charge >= 0.3 is 6.03 Å². The van der Waals surface area contributed by atoms with Crippen LogP contribution in [0, 0.1) is 0 Å². The molecule has 23 heavy (non-hydrogen) atoms. The summed E-state index contributed by atoms with van der Waals surface area (Å²) in [6.07, 6.45) is 1.97. The summed E-state index contributed by atoms with van der Waals surface area (Å²) in [5.41, 5.74) is 0.516. The van der Waals surface area contributed by atoms with E-state index in [0.29, 0.717) is 5.75 Å². The number of ether oxygens (including phenoxy) is 2. The van der Waals surface area contributed by atoms with Gasteiger partial charge in [-0.05, 0) is 44.4 Å². The Labute approximate surface area is 134 Å². The lowest BCUT2D eigenvalue weighted by Crippen LogP contribution is -2.47. The van der Waals surface area contributed by atoms with Crippen LogP contribution in [0.5, 0.6) is 11.5 Å². The van der Waals surface area contributed by atoms with Crippen LogP contribution in [0.15, 0.2) is 18.2 Å². The molecule has 3 N–H and O–H groups in total. The third-order valence-corrected chi connectivity index (χ3v) is 3.95. The van der Waals surface area contributed by atoms with Crippen LogP contribution in [0.1, 0.15) is 32.3 Å². The minimum Gasteiger partial charge on any atom is -0.454 e. The Bertz CT molecular complexity index is 626. The monoisotopic (exact) mass is 319 g/mol. The number of rotatable bonds is 5. The molecule has 0 radical (unpaired) electrons. The Balaban J connectivity index is 1.53. The van der Waals surface area contributed by atoms with Gasteiger partial charge < -0.3 is 14.8 Å². The molecule has 1 aromatic rings. The van der Waals surface area contributed by atoms with E-state index in [1.807, 2.05) is 32.0 Å². The molecule has 7 heteroatoms. The molecule has 0 saturated heterocycles. The highest BCUT2D eigenvalue weighted by Crippen LogP contribution is 2.35. The lowest BCUT2D eigenvalue weighted by molar-refractivity contribution is -0.119. The summed E-state index contributed by atoms with van der Waals surface area (Å²) < 4.78 is 10.7. The Kier molecular flexibility index (Phi) is 4.12. The fourth-order valence-electron chi connectivity index (χ4n) is 2.31. The number of benzene rings is 1. The highest BCUT2D eigenvalue weighted by Gasteiger charge is 2.26. The maximum atomic E-state index is 11.8. The molecular formula is C16H21N3O4. The number of nitrogens with one attached hydrogen (secondary N) is 3. The van der Waals surface area contributed by atoms with Crippen molar-refractivity contribution < 1.29 is 19.1 Å². The Morgan fingerprint density at radius 1 is 1.22 bits per heavy atom. The molecule has 0 atom stereocenters. The van der Waals surface area contributed by atoms with E-state index in [0.717, 1.165) is 24.2 Å². The second-order valence-electron chi connectivity index (χ2n) is 6.34. The van der Waals surface area contributed by atoms with E-state index in [1.165, 1.54) is 0 Å². The predicted molar refractivity (Wildman–Crippen MR) is 83.3 cm³/mol. The van der Waals surface area contributed by atoms with Crippen LogP contribution in [0.25, 0.3) is 0 Å². The van der Waals surface area contributed by atoms with Crippen molar-refractivity contribution in [2.75, 3.05) is 13.3 Å². The van der Waals surface area contributed by atoms with Gasteiger partial charge in [-0.25, -0.2) is 4.79 Å². The SMILES string of the molecule is CC(C)(NCC(=O)NC(=O)NC1CC1)c1ccc2c(c1)OCO2. The molecular weight excluding hydrogens is 298 g/mol. The van der Waals surface area contributed by atoms with Gasteiger partial charge in [0.1, 0.15) is 0 Å². The summed E-state index contributed by atoms with van der Waals surface area (Å²) >= 11 is 0. The van der Waals surface area contributed by atoms with Gasteiger partial charge in [0.25, 0.3) is 0 Å². The van der Waals surface area contributed by atoms with E-state index in [2.05, 4.69) is 16.0 Å². The Morgan fingerprint density at radius 3 is 2.70 bits per heavy atom. The molecule has 124 valence electrons. The highest BCUT2D eigenvalue weighted by atomic mass is 16.7. The van der Waals surface area contributed by atoms with Gasteiger partial charge in [-0.2, -0.15) is 0 Å². The summed E-state index contributed by atoms with van der Waals surface area (Å²) in [6.45, 7) is 4.19. The van der Waals surface area contributed by atoms with Crippen LogP contribution in [0.2, 0.25) is 0 Å². The minimum absolute atomic E-state index is 0.0412. The summed E-state index contributed by atoms with van der Waals surface area (Å²) in [5.74, 6) is 1.06. The van der Waals surface area contributed by atoms with Crippen LogP contribution in [-0.2, 0) is 10.3 Å². The van der Waals surface area contributed by atoms with Crippen LogP contribution < -0.4 is 25.4 Å². The van der Waals surface area contributed by atoms with Crippen molar-refractivity contribution in [3.05, 3.63) is 23.8 Å². The molecule has 7 nitrogen and oxygen atoms in total. The summed E-state index contributed by atoms with van der Waals surface area (Å²) in [6, 6.07) is 5.47. The van der Waals surface area contributed by atoms with Crippen LogP contribution >= 0.6 is 0 Å². The minimum atomic E-state index is -0.453. The molecule has 3 rings (SSSR count). The quantitative estimate of drug-likeness (QED) is 0.759. The van der Waals surface area contributed by atoms with Gasteiger partial charge in [-0.1, -0.05) is 6.07 Å². The first-order valence-corrected chi connectivity index (χ1v) is 7.69. The fourth-order valence-corrected chi connectivity index (χ4v) is 2.31. The number of fused-ring (bicyclic) bond motifs is 1. The van der Waals surface area contributed by atoms with Gasteiger partial charge in [-0.15, -0.1) is 0 Å². The highest BCUT2D eigenvalue weighted by molar-refractivity contribution is 5.95. The average molecular weight is 319 g/mol. The van der Waals surface area contributed by atoms with Crippen LogP contribution in [0.3, 0.4) is 0 Å². The number of carbonyl (C=O) groups excluding carboxylic acids is 2. The normalized spacial score (nSPS) is 16.1. The lowest BCUT2D eigenvalue weighted by Gasteiger charge is -2.27. The molecule has 0 spiro atoms. The standard InChI is InChI=1S/C16H21N3O4/c1-16(2,10-3-6-12-13(7-10)23-9-22-12)17-8-14(20)19-15(21)18-11-4-5-11/h3,6-7,11,17H,4-5,8-9H2,1-2H3,(H2,18,19,20,21). The molecule has 1 saturated carbocycles. The number of urea groups is 1. The van der Waals surface area contributed by atoms with E-state index < -0.39 is 11.6 Å². The molecule has 1 heterocycles. The van der Waals surface area contributed by atoms with Crippen molar-refractivity contribution >= 4 is 11.9 Å². The number of imide groups is 1. The van der Waals surface area contributed by atoms with E-state index >= 15 is 0 Å². The van der Waals surface area contributed by atoms with Gasteiger partial charge in [0.15, 0.2) is 11.5 Å². The molecule has 2 aliphatic rings. The van der Waals surface area contributed by atoms with Gasteiger partial charge in [0, 0.05) is 11.6 Å². The van der Waals surface area contributed by atoms with Crippen molar-refractivity contribution in [3.63, 3.8) is 0 Å². The maximum Gasteiger partial charge on any atom is 0.321 e. The first-order valence-electron chi connectivity index (χ1n) is 7.69. The summed E-state index contributed by atoms with van der Waals surface area (Å²) in [4.78, 5) is 23.4. The molecule has 1 aromatic carbocycles.